The Hall–Kier alpha value is 0.0800. The van der Waals surface area contributed by atoms with E-state index in [0.717, 1.165) is 23.5 Å². The molecule has 0 spiro atoms. The van der Waals surface area contributed by atoms with Gasteiger partial charge in [-0.1, -0.05) is 93.1 Å². The smallest absolute Gasteiger partial charge is 0.255 e. The van der Waals surface area contributed by atoms with E-state index in [1.165, 1.54) is 0 Å². The van der Waals surface area contributed by atoms with Gasteiger partial charge in [-0.05, 0) is 0 Å². The Bertz CT molecular complexity index is 946. The van der Waals surface area contributed by atoms with Crippen LogP contribution in [-0.4, -0.2) is 12.1 Å². The Morgan fingerprint density at radius 3 is 1.08 bits per heavy atom. The molecule has 0 amide bonds. The summed E-state index contributed by atoms with van der Waals surface area (Å²) in [6.45, 7) is 0. The minimum absolute atomic E-state index is 0.148. The molecule has 12 heteroatoms. The maximum absolute atomic E-state index is 13.3. The number of halogens is 8. The van der Waals surface area contributed by atoms with Crippen LogP contribution in [0.3, 0.4) is 0 Å². The summed E-state index contributed by atoms with van der Waals surface area (Å²) in [5.74, 6) is 0. The van der Waals surface area contributed by atoms with Gasteiger partial charge in [0.15, 0.2) is 0 Å². The molecule has 0 N–H and O–H groups in total. The Balaban J connectivity index is 2.34. The van der Waals surface area contributed by atoms with Gasteiger partial charge in [-0.25, -0.2) is 0 Å². The highest BCUT2D eigenvalue weighted by Crippen LogP contribution is 2.60. The number of fused-ring (bicyclic) bond motifs is 2. The molecule has 0 aromatic heterocycles. The Kier molecular flexibility index (Phi) is 5.99. The van der Waals surface area contributed by atoms with E-state index in [2.05, 4.69) is 0 Å². The Labute approximate surface area is 183 Å². The summed E-state index contributed by atoms with van der Waals surface area (Å²) in [7, 11) is 0. The molecule has 136 valence electrons. The monoisotopic (exact) mass is 512 g/mol. The summed E-state index contributed by atoms with van der Waals surface area (Å²) in [4.78, 5) is 23.3. The van der Waals surface area contributed by atoms with E-state index in [4.69, 9.17) is 69.6 Å². The standard InChI is InChI=1S/C14Cl6F2O2S2/c15-3-1(13(21)23)5(17)9-11(7(3)19)26-10-6(18)2(14(22)24)4(16)8(20)12(10)25-9. The van der Waals surface area contributed by atoms with Crippen molar-refractivity contribution in [1.82, 2.24) is 0 Å². The zero-order valence-corrected chi connectivity index (χ0v) is 17.8. The van der Waals surface area contributed by atoms with E-state index in [9.17, 15) is 18.4 Å². The molecule has 1 aliphatic heterocycles. The van der Waals surface area contributed by atoms with Gasteiger partial charge in [0.05, 0.1) is 41.3 Å². The molecule has 0 saturated heterocycles. The molecule has 26 heavy (non-hydrogen) atoms. The third-order valence-electron chi connectivity index (χ3n) is 3.27. The van der Waals surface area contributed by atoms with Crippen LogP contribution in [0.1, 0.15) is 20.7 Å². The van der Waals surface area contributed by atoms with Crippen molar-refractivity contribution in [3.05, 3.63) is 41.3 Å². The van der Waals surface area contributed by atoms with Gasteiger partial charge in [0.2, 0.25) is 0 Å². The lowest BCUT2D eigenvalue weighted by molar-refractivity contribution is 0.0826. The molecule has 0 aliphatic carbocycles. The van der Waals surface area contributed by atoms with Crippen molar-refractivity contribution in [2.75, 3.05) is 0 Å². The third kappa shape index (κ3) is 3.12. The zero-order chi connectivity index (χ0) is 19.5. The van der Waals surface area contributed by atoms with Gasteiger partial charge in [-0.3, -0.25) is 9.59 Å². The van der Waals surface area contributed by atoms with Crippen molar-refractivity contribution in [3.8, 4) is 0 Å². The molecule has 1 aliphatic rings. The topological polar surface area (TPSA) is 34.1 Å². The Morgan fingerprint density at radius 1 is 0.538 bits per heavy atom. The second-order valence-corrected chi connectivity index (χ2v) is 9.01. The number of benzene rings is 2. The van der Waals surface area contributed by atoms with Crippen LogP contribution in [0.4, 0.5) is 8.78 Å². The number of hydrogen-bond acceptors (Lipinski definition) is 4. The summed E-state index contributed by atoms with van der Waals surface area (Å²) in [6.07, 6.45) is 0. The lowest BCUT2D eigenvalue weighted by atomic mass is 10.2. The van der Waals surface area contributed by atoms with E-state index < -0.39 is 23.2 Å². The van der Waals surface area contributed by atoms with E-state index in [1.807, 2.05) is 0 Å². The summed E-state index contributed by atoms with van der Waals surface area (Å²) in [5, 5.41) is -1.58. The first kappa shape index (κ1) is 20.8. The molecule has 0 atom stereocenters. The van der Waals surface area contributed by atoms with Crippen molar-refractivity contribution in [1.29, 1.82) is 0 Å². The van der Waals surface area contributed by atoms with Gasteiger partial charge in [-0.2, -0.15) is 8.78 Å². The van der Waals surface area contributed by atoms with Crippen molar-refractivity contribution in [2.45, 2.75) is 19.6 Å². The van der Waals surface area contributed by atoms with Gasteiger partial charge in [0.25, 0.3) is 0 Å². The average Bonchev–Trinajstić information content (AvgIpc) is 2.56. The molecular formula is C14Cl6F2O2S2. The molecule has 2 aromatic rings. The first-order valence-electron chi connectivity index (χ1n) is 6.24. The molecule has 0 unspecified atom stereocenters. The van der Waals surface area contributed by atoms with Crippen molar-refractivity contribution in [2.24, 2.45) is 0 Å². The zero-order valence-electron chi connectivity index (χ0n) is 11.7. The third-order valence-corrected chi connectivity index (χ3v) is 8.89. The summed E-state index contributed by atoms with van der Waals surface area (Å²) in [6, 6.07) is -3.72. The molecule has 0 saturated carbocycles. The van der Waals surface area contributed by atoms with E-state index in [0.29, 0.717) is 0 Å². The molecule has 1 heterocycles. The minimum atomic E-state index is -1.86. The first-order valence-corrected chi connectivity index (χ1v) is 10.1. The largest absolute Gasteiger partial charge is 0.335 e. The van der Waals surface area contributed by atoms with E-state index in [-0.39, 0.29) is 49.7 Å². The van der Waals surface area contributed by atoms with Crippen LogP contribution >= 0.6 is 93.1 Å². The molecule has 2 aromatic carbocycles. The lowest BCUT2D eigenvalue weighted by Gasteiger charge is -2.25. The fraction of sp³-hybridized carbons (Fsp3) is 0. The Morgan fingerprint density at radius 2 is 0.808 bits per heavy atom. The molecule has 0 fully saturated rings. The van der Waals surface area contributed by atoms with Crippen LogP contribution in [0.25, 0.3) is 0 Å². The maximum atomic E-state index is 13.3. The van der Waals surface area contributed by atoms with Gasteiger partial charge >= 0.3 is 12.1 Å². The SMILES string of the molecule is O=C(F)c1c(Cl)c(Cl)c2c(c1Cl)Sc1c(Cl)c(Cl)c(C(=O)F)c(Cl)c1S2. The van der Waals surface area contributed by atoms with E-state index >= 15 is 0 Å². The van der Waals surface area contributed by atoms with Crippen LogP contribution < -0.4 is 0 Å². The molecule has 3 rings (SSSR count). The number of carbonyl (C=O) groups is 2. The van der Waals surface area contributed by atoms with Crippen LogP contribution in [0.15, 0.2) is 19.6 Å². The molecule has 2 nitrogen and oxygen atoms in total. The van der Waals surface area contributed by atoms with Crippen molar-refractivity contribution < 1.29 is 18.4 Å². The van der Waals surface area contributed by atoms with Crippen LogP contribution in [0.2, 0.25) is 30.1 Å². The van der Waals surface area contributed by atoms with Crippen molar-refractivity contribution >= 4 is 105 Å². The predicted octanol–water partition coefficient (Wildman–Crippen LogP) is 8.44. The second kappa shape index (κ2) is 7.48. The summed E-state index contributed by atoms with van der Waals surface area (Å²) < 4.78 is 26.6. The number of rotatable bonds is 2. The average molecular weight is 515 g/mol. The second-order valence-electron chi connectivity index (χ2n) is 4.70. The first-order chi connectivity index (χ1) is 12.1. The van der Waals surface area contributed by atoms with E-state index in [1.54, 1.807) is 0 Å². The normalized spacial score (nSPS) is 12.6. The number of hydrogen-bond donors (Lipinski definition) is 0. The maximum Gasteiger partial charge on any atom is 0.335 e. The van der Waals surface area contributed by atoms with Gasteiger partial charge in [-0.15, -0.1) is 0 Å². The predicted molar refractivity (Wildman–Crippen MR) is 102 cm³/mol. The van der Waals surface area contributed by atoms with Crippen LogP contribution in [-0.2, 0) is 0 Å². The fourth-order valence-electron chi connectivity index (χ4n) is 2.15. The highest BCUT2D eigenvalue weighted by Gasteiger charge is 2.34. The summed E-state index contributed by atoms with van der Waals surface area (Å²) in [5.41, 5.74) is -1.17. The quantitative estimate of drug-likeness (QED) is 0.254. The molecule has 0 bridgehead atoms. The van der Waals surface area contributed by atoms with Gasteiger partial charge < -0.3 is 0 Å². The van der Waals surface area contributed by atoms with Gasteiger partial charge in [0, 0.05) is 19.6 Å². The number of carbonyl (C=O) groups excluding carboxylic acids is 2. The summed E-state index contributed by atoms with van der Waals surface area (Å²) >= 11 is 38.2. The molecular weight excluding hydrogens is 515 g/mol. The van der Waals surface area contributed by atoms with Crippen LogP contribution in [0, 0.1) is 0 Å². The lowest BCUT2D eigenvalue weighted by Crippen LogP contribution is -2.04. The highest BCUT2D eigenvalue weighted by atomic mass is 35.5. The fourth-order valence-corrected chi connectivity index (χ4v) is 6.93. The molecule has 0 radical (unpaired) electrons. The van der Waals surface area contributed by atoms with Crippen LogP contribution in [0.5, 0.6) is 0 Å². The van der Waals surface area contributed by atoms with Gasteiger partial charge in [0.1, 0.15) is 0 Å². The highest BCUT2D eigenvalue weighted by molar-refractivity contribution is 8.05. The minimum Gasteiger partial charge on any atom is -0.255 e. The van der Waals surface area contributed by atoms with Crippen molar-refractivity contribution in [3.63, 3.8) is 0 Å².